The summed E-state index contributed by atoms with van der Waals surface area (Å²) < 4.78 is 15.1. The molecule has 0 radical (unpaired) electrons. The molecular formula is C23H25FN8. The molecule has 0 bridgehead atoms. The maximum absolute atomic E-state index is 13.1. The smallest absolute Gasteiger partial charge is 0.223 e. The van der Waals surface area contributed by atoms with Crippen LogP contribution in [0.15, 0.2) is 49.1 Å². The molecule has 0 saturated heterocycles. The average Bonchev–Trinajstić information content (AvgIpc) is 3.21. The fourth-order valence-corrected chi connectivity index (χ4v) is 4.06. The fraction of sp³-hybridized carbons (Fsp3) is 0.304. The maximum atomic E-state index is 13.1. The molecule has 0 aliphatic heterocycles. The average molecular weight is 433 g/mol. The van der Waals surface area contributed by atoms with E-state index in [1.54, 1.807) is 6.07 Å². The molecule has 1 aliphatic carbocycles. The van der Waals surface area contributed by atoms with Gasteiger partial charge in [-0.25, -0.2) is 19.9 Å². The molecule has 0 amide bonds. The van der Waals surface area contributed by atoms with Crippen LogP contribution in [0.5, 0.6) is 0 Å². The summed E-state index contributed by atoms with van der Waals surface area (Å²) in [6.07, 6.45) is 11.1. The van der Waals surface area contributed by atoms with Crippen LogP contribution < -0.4 is 16.4 Å². The summed E-state index contributed by atoms with van der Waals surface area (Å²) in [5.41, 5.74) is 11.0. The summed E-state index contributed by atoms with van der Waals surface area (Å²) in [6, 6.07) is 7.45. The lowest BCUT2D eigenvalue weighted by Crippen LogP contribution is -2.33. The molecule has 8 nitrogen and oxygen atoms in total. The first-order valence-corrected chi connectivity index (χ1v) is 10.8. The number of halogens is 1. The lowest BCUT2D eigenvalue weighted by Gasteiger charge is -2.26. The molecule has 4 heterocycles. The first-order chi connectivity index (χ1) is 15.5. The fourth-order valence-electron chi connectivity index (χ4n) is 4.06. The van der Waals surface area contributed by atoms with Crippen molar-refractivity contribution in [3.05, 3.63) is 60.6 Å². The second-order valence-corrected chi connectivity index (χ2v) is 8.27. The molecule has 1 aliphatic rings. The van der Waals surface area contributed by atoms with Crippen LogP contribution in [0.2, 0.25) is 0 Å². The van der Waals surface area contributed by atoms with Gasteiger partial charge in [0.15, 0.2) is 0 Å². The minimum absolute atomic E-state index is 0.300. The van der Waals surface area contributed by atoms with Crippen LogP contribution >= 0.6 is 0 Å². The van der Waals surface area contributed by atoms with Crippen molar-refractivity contribution >= 4 is 23.0 Å². The van der Waals surface area contributed by atoms with Gasteiger partial charge < -0.3 is 16.4 Å². The van der Waals surface area contributed by atoms with Gasteiger partial charge in [-0.2, -0.15) is 4.39 Å². The van der Waals surface area contributed by atoms with Crippen molar-refractivity contribution in [3.63, 3.8) is 0 Å². The maximum Gasteiger partial charge on any atom is 0.223 e. The number of fused-ring (bicyclic) bond motifs is 1. The number of anilines is 3. The lowest BCUT2D eigenvalue weighted by molar-refractivity contribution is 0.410. The molecule has 4 N–H and O–H groups in total. The second-order valence-electron chi connectivity index (χ2n) is 8.27. The quantitative estimate of drug-likeness (QED) is 0.408. The minimum atomic E-state index is -0.511. The predicted octanol–water partition coefficient (Wildman–Crippen LogP) is 4.06. The summed E-state index contributed by atoms with van der Waals surface area (Å²) >= 11 is 0. The van der Waals surface area contributed by atoms with Crippen LogP contribution in [0.4, 0.5) is 21.7 Å². The number of aromatic nitrogens is 5. The highest BCUT2D eigenvalue weighted by atomic mass is 19.1. The Morgan fingerprint density at radius 3 is 2.56 bits per heavy atom. The molecule has 1 fully saturated rings. The van der Waals surface area contributed by atoms with E-state index in [1.165, 1.54) is 12.3 Å². The molecule has 0 spiro atoms. The molecule has 0 unspecified atom stereocenters. The summed E-state index contributed by atoms with van der Waals surface area (Å²) in [6.45, 7) is 1.99. The first-order valence-electron chi connectivity index (χ1n) is 10.8. The number of hydrogen-bond acceptors (Lipinski definition) is 7. The van der Waals surface area contributed by atoms with E-state index >= 15 is 0 Å². The van der Waals surface area contributed by atoms with Gasteiger partial charge in [-0.15, -0.1) is 0 Å². The molecule has 4 aromatic rings. The molecule has 4 aromatic heterocycles. The lowest BCUT2D eigenvalue weighted by atomic mass is 9.92. The number of rotatable bonds is 5. The number of aryl methyl sites for hydroxylation is 1. The van der Waals surface area contributed by atoms with Gasteiger partial charge in [-0.1, -0.05) is 0 Å². The molecule has 1 saturated carbocycles. The Kier molecular flexibility index (Phi) is 5.40. The van der Waals surface area contributed by atoms with Gasteiger partial charge in [0.1, 0.15) is 5.65 Å². The number of nitrogens with two attached hydrogens (primary N) is 1. The van der Waals surface area contributed by atoms with E-state index in [4.69, 9.17) is 10.7 Å². The number of nitrogens with one attached hydrogen (secondary N) is 2. The largest absolute Gasteiger partial charge is 0.353 e. The molecule has 32 heavy (non-hydrogen) atoms. The molecule has 0 aromatic carbocycles. The van der Waals surface area contributed by atoms with Gasteiger partial charge in [-0.3, -0.25) is 4.40 Å². The molecule has 0 atom stereocenters. The number of hydrogen-bond donors (Lipinski definition) is 3. The zero-order valence-electron chi connectivity index (χ0n) is 17.8. The van der Waals surface area contributed by atoms with Gasteiger partial charge >= 0.3 is 0 Å². The van der Waals surface area contributed by atoms with Crippen molar-refractivity contribution in [1.29, 1.82) is 0 Å². The first kappa shape index (κ1) is 20.3. The Morgan fingerprint density at radius 1 is 0.969 bits per heavy atom. The van der Waals surface area contributed by atoms with Gasteiger partial charge in [0, 0.05) is 24.5 Å². The van der Waals surface area contributed by atoms with Gasteiger partial charge in [0.2, 0.25) is 11.9 Å². The Balaban J connectivity index is 1.44. The minimum Gasteiger partial charge on any atom is -0.353 e. The topological polar surface area (TPSA) is 106 Å². The zero-order valence-corrected chi connectivity index (χ0v) is 17.8. The zero-order chi connectivity index (χ0) is 22.1. The number of nitrogens with zero attached hydrogens (tertiary/aromatic N) is 5. The Labute approximate surface area is 185 Å². The second kappa shape index (κ2) is 8.51. The van der Waals surface area contributed by atoms with Crippen LogP contribution in [0.25, 0.3) is 17.0 Å². The van der Waals surface area contributed by atoms with Crippen LogP contribution in [0.1, 0.15) is 31.2 Å². The molecule has 5 rings (SSSR count). The van der Waals surface area contributed by atoms with E-state index < -0.39 is 5.95 Å². The van der Waals surface area contributed by atoms with Crippen LogP contribution in [0, 0.1) is 12.9 Å². The third kappa shape index (κ3) is 4.24. The highest BCUT2D eigenvalue weighted by Gasteiger charge is 2.20. The van der Waals surface area contributed by atoms with Crippen molar-refractivity contribution in [3.8, 4) is 11.4 Å². The highest BCUT2D eigenvalue weighted by molar-refractivity contribution is 5.67. The summed E-state index contributed by atoms with van der Waals surface area (Å²) in [7, 11) is 0. The van der Waals surface area contributed by atoms with Crippen molar-refractivity contribution in [2.24, 2.45) is 5.73 Å². The number of imidazole rings is 1. The molecular weight excluding hydrogens is 407 g/mol. The van der Waals surface area contributed by atoms with Crippen LogP contribution in [-0.2, 0) is 0 Å². The van der Waals surface area contributed by atoms with E-state index in [-0.39, 0.29) is 0 Å². The van der Waals surface area contributed by atoms with Crippen LogP contribution in [0.3, 0.4) is 0 Å². The van der Waals surface area contributed by atoms with E-state index in [1.807, 2.05) is 42.0 Å². The SMILES string of the molecule is Cc1cnc(N[C@H]2CC[C@H](N)CC2)nc1-c1cnc2ccc(Nc3ccc(F)nc3)cn12. The molecule has 9 heteroatoms. The summed E-state index contributed by atoms with van der Waals surface area (Å²) in [5, 5.41) is 6.71. The third-order valence-corrected chi connectivity index (χ3v) is 5.84. The summed E-state index contributed by atoms with van der Waals surface area (Å²) in [5.74, 6) is 0.107. The van der Waals surface area contributed by atoms with E-state index in [0.717, 1.165) is 54.0 Å². The van der Waals surface area contributed by atoms with E-state index in [0.29, 0.717) is 23.7 Å². The number of pyridine rings is 2. The van der Waals surface area contributed by atoms with E-state index in [2.05, 4.69) is 25.6 Å². The Morgan fingerprint density at radius 2 is 1.78 bits per heavy atom. The third-order valence-electron chi connectivity index (χ3n) is 5.84. The monoisotopic (exact) mass is 432 g/mol. The van der Waals surface area contributed by atoms with Crippen LogP contribution in [-0.4, -0.2) is 36.4 Å². The highest BCUT2D eigenvalue weighted by Crippen LogP contribution is 2.26. The van der Waals surface area contributed by atoms with Gasteiger partial charge in [-0.05, 0) is 62.4 Å². The van der Waals surface area contributed by atoms with Crippen molar-refractivity contribution in [2.75, 3.05) is 10.6 Å². The Bertz CT molecular complexity index is 1230. The Hall–Kier alpha value is -3.59. The van der Waals surface area contributed by atoms with Crippen molar-refractivity contribution < 1.29 is 4.39 Å². The van der Waals surface area contributed by atoms with Crippen molar-refractivity contribution in [1.82, 2.24) is 24.3 Å². The predicted molar refractivity (Wildman–Crippen MR) is 122 cm³/mol. The summed E-state index contributed by atoms with van der Waals surface area (Å²) in [4.78, 5) is 17.5. The molecule has 164 valence electrons. The van der Waals surface area contributed by atoms with Crippen molar-refractivity contribution in [2.45, 2.75) is 44.7 Å². The normalized spacial score (nSPS) is 18.6. The standard InChI is InChI=1S/C23H25FN8/c1-14-10-28-23(30-16-4-2-15(25)3-5-16)31-22(14)19-12-27-21-9-7-18(13-32(19)21)29-17-6-8-20(24)26-11-17/h6-13,15-16,29H,2-5,25H2,1H3,(H,28,30,31)/t15-,16-. The van der Waals surface area contributed by atoms with Gasteiger partial charge in [0.25, 0.3) is 0 Å². The van der Waals surface area contributed by atoms with E-state index in [9.17, 15) is 4.39 Å². The van der Waals surface area contributed by atoms with Gasteiger partial charge in [0.05, 0.1) is 35.2 Å².